The van der Waals surface area contributed by atoms with E-state index in [-0.39, 0.29) is 0 Å². The van der Waals surface area contributed by atoms with Crippen molar-refractivity contribution in [3.63, 3.8) is 0 Å². The first-order chi connectivity index (χ1) is 14.7. The number of carbonyl (C=O) groups excluding carboxylic acids is 1. The van der Waals surface area contributed by atoms with E-state index in [9.17, 15) is 4.79 Å². The topological polar surface area (TPSA) is 69.2 Å². The van der Waals surface area contributed by atoms with Crippen LogP contribution in [0.15, 0.2) is 4.99 Å². The van der Waals surface area contributed by atoms with Crippen LogP contribution in [0.2, 0.25) is 0 Å². The van der Waals surface area contributed by atoms with Gasteiger partial charge in [0.15, 0.2) is 5.96 Å². The van der Waals surface area contributed by atoms with Crippen LogP contribution in [-0.2, 0) is 9.53 Å². The molecular weight excluding hydrogens is 378 g/mol. The Morgan fingerprint density at radius 2 is 1.83 bits per heavy atom. The van der Waals surface area contributed by atoms with E-state index in [2.05, 4.69) is 32.3 Å². The number of carbonyl (C=O) groups is 1. The van der Waals surface area contributed by atoms with Gasteiger partial charge in [-0.25, -0.2) is 0 Å². The van der Waals surface area contributed by atoms with Crippen molar-refractivity contribution in [3.05, 3.63) is 0 Å². The predicted molar refractivity (Wildman–Crippen MR) is 122 cm³/mol. The predicted octanol–water partition coefficient (Wildman–Crippen LogP) is 2.08. The lowest BCUT2D eigenvalue weighted by atomic mass is 9.83. The largest absolute Gasteiger partial charge is 0.382 e. The average Bonchev–Trinajstić information content (AvgIpc) is 3.19. The molecule has 1 amide bonds. The third kappa shape index (κ3) is 6.58. The number of ether oxygens (including phenoxy) is 1. The Balaban J connectivity index is 1.32. The van der Waals surface area contributed by atoms with E-state index in [1.54, 1.807) is 0 Å². The minimum atomic E-state index is 0.323. The second-order valence-corrected chi connectivity index (χ2v) is 9.30. The van der Waals surface area contributed by atoms with Crippen molar-refractivity contribution < 1.29 is 9.53 Å². The van der Waals surface area contributed by atoms with Gasteiger partial charge in [0.1, 0.15) is 0 Å². The van der Waals surface area contributed by atoms with Gasteiger partial charge in [-0.3, -0.25) is 14.7 Å². The molecule has 7 heteroatoms. The van der Waals surface area contributed by atoms with Crippen molar-refractivity contribution in [3.8, 4) is 0 Å². The highest BCUT2D eigenvalue weighted by Gasteiger charge is 2.34. The van der Waals surface area contributed by atoms with E-state index in [0.29, 0.717) is 17.2 Å². The molecule has 1 saturated heterocycles. The summed E-state index contributed by atoms with van der Waals surface area (Å²) < 4.78 is 5.63. The van der Waals surface area contributed by atoms with E-state index in [0.717, 1.165) is 84.2 Å². The Morgan fingerprint density at radius 3 is 2.43 bits per heavy atom. The van der Waals surface area contributed by atoms with Crippen LogP contribution >= 0.6 is 0 Å². The molecule has 0 aromatic heterocycles. The fourth-order valence-electron chi connectivity index (χ4n) is 5.00. The van der Waals surface area contributed by atoms with E-state index in [1.165, 1.54) is 32.1 Å². The van der Waals surface area contributed by atoms with Crippen molar-refractivity contribution in [1.29, 1.82) is 0 Å². The van der Waals surface area contributed by atoms with Gasteiger partial charge in [-0.15, -0.1) is 0 Å². The number of hydrogen-bond donors (Lipinski definition) is 2. The van der Waals surface area contributed by atoms with Crippen LogP contribution in [0.5, 0.6) is 0 Å². The standard InChI is InChI=1S/C23H43N5O2/c1-3-30-18-11-23(9-4-5-10-23)19-26-22(24-2)25-12-13-27-14-16-28(17-15-27)21(29)20-7-6-8-20/h20H,3-19H2,1-2H3,(H2,24,25,26). The molecule has 30 heavy (non-hydrogen) atoms. The van der Waals surface area contributed by atoms with Gasteiger partial charge in [0.2, 0.25) is 5.91 Å². The first-order valence-electron chi connectivity index (χ1n) is 12.2. The molecule has 2 N–H and O–H groups in total. The molecule has 0 radical (unpaired) electrons. The summed E-state index contributed by atoms with van der Waals surface area (Å²) in [6, 6.07) is 0. The Morgan fingerprint density at radius 1 is 1.10 bits per heavy atom. The highest BCUT2D eigenvalue weighted by molar-refractivity contribution is 5.80. The van der Waals surface area contributed by atoms with Crippen LogP contribution in [-0.4, -0.2) is 87.7 Å². The Bertz CT molecular complexity index is 550. The molecule has 3 fully saturated rings. The summed E-state index contributed by atoms with van der Waals surface area (Å²) >= 11 is 0. The van der Waals surface area contributed by atoms with Crippen LogP contribution in [0.3, 0.4) is 0 Å². The van der Waals surface area contributed by atoms with Crippen LogP contribution < -0.4 is 10.6 Å². The summed E-state index contributed by atoms with van der Waals surface area (Å²) in [5, 5.41) is 7.06. The molecule has 3 aliphatic rings. The van der Waals surface area contributed by atoms with E-state index < -0.39 is 0 Å². The fraction of sp³-hybridized carbons (Fsp3) is 0.913. The fourth-order valence-corrected chi connectivity index (χ4v) is 5.00. The number of amides is 1. The Labute approximate surface area is 183 Å². The molecule has 3 rings (SSSR count). The van der Waals surface area contributed by atoms with E-state index in [1.807, 2.05) is 7.05 Å². The summed E-state index contributed by atoms with van der Waals surface area (Å²) in [5.41, 5.74) is 0.357. The molecule has 1 aliphatic heterocycles. The Kier molecular flexibility index (Phi) is 9.25. The van der Waals surface area contributed by atoms with Gasteiger partial charge in [-0.05, 0) is 44.4 Å². The zero-order valence-corrected chi connectivity index (χ0v) is 19.3. The molecule has 1 heterocycles. The highest BCUT2D eigenvalue weighted by Crippen LogP contribution is 2.40. The minimum absolute atomic E-state index is 0.323. The van der Waals surface area contributed by atoms with Crippen molar-refractivity contribution in [2.75, 3.05) is 66.1 Å². The SMILES string of the molecule is CCOCCC1(CNC(=NC)NCCN2CCN(C(=O)C3CCC3)CC2)CCCC1. The molecule has 7 nitrogen and oxygen atoms in total. The number of nitrogens with one attached hydrogen (secondary N) is 2. The van der Waals surface area contributed by atoms with E-state index in [4.69, 9.17) is 4.74 Å². The van der Waals surface area contributed by atoms with Crippen LogP contribution in [0.25, 0.3) is 0 Å². The van der Waals surface area contributed by atoms with Gasteiger partial charge < -0.3 is 20.3 Å². The zero-order valence-electron chi connectivity index (χ0n) is 19.3. The zero-order chi connectivity index (χ0) is 21.2. The highest BCUT2D eigenvalue weighted by atomic mass is 16.5. The molecule has 2 aliphatic carbocycles. The summed E-state index contributed by atoms with van der Waals surface area (Å²) in [6.07, 6.45) is 9.79. The Hall–Kier alpha value is -1.34. The van der Waals surface area contributed by atoms with E-state index >= 15 is 0 Å². The van der Waals surface area contributed by atoms with Crippen LogP contribution in [0.4, 0.5) is 0 Å². The van der Waals surface area contributed by atoms with Crippen LogP contribution in [0.1, 0.15) is 58.3 Å². The molecule has 2 saturated carbocycles. The molecule has 0 spiro atoms. The van der Waals surface area contributed by atoms with Gasteiger partial charge in [0, 0.05) is 72.0 Å². The lowest BCUT2D eigenvalue weighted by molar-refractivity contribution is -0.139. The molecule has 172 valence electrons. The second kappa shape index (κ2) is 11.9. The molecular formula is C23H43N5O2. The van der Waals surface area contributed by atoms with Gasteiger partial charge in [0.25, 0.3) is 0 Å². The van der Waals surface area contributed by atoms with Crippen LogP contribution in [0, 0.1) is 11.3 Å². The monoisotopic (exact) mass is 421 g/mol. The number of guanidine groups is 1. The average molecular weight is 422 g/mol. The number of hydrogen-bond acceptors (Lipinski definition) is 4. The third-order valence-corrected chi connectivity index (χ3v) is 7.36. The number of aliphatic imine (C=N–C) groups is 1. The van der Waals surface area contributed by atoms with Crippen molar-refractivity contribution in [1.82, 2.24) is 20.4 Å². The maximum atomic E-state index is 12.4. The van der Waals surface area contributed by atoms with Gasteiger partial charge in [-0.1, -0.05) is 19.3 Å². The number of rotatable bonds is 10. The molecule has 0 aromatic carbocycles. The maximum absolute atomic E-state index is 12.4. The lowest BCUT2D eigenvalue weighted by Gasteiger charge is -2.38. The van der Waals surface area contributed by atoms with Crippen molar-refractivity contribution in [2.24, 2.45) is 16.3 Å². The second-order valence-electron chi connectivity index (χ2n) is 9.30. The summed E-state index contributed by atoms with van der Waals surface area (Å²) in [4.78, 5) is 21.3. The minimum Gasteiger partial charge on any atom is -0.382 e. The van der Waals surface area contributed by atoms with Gasteiger partial charge in [-0.2, -0.15) is 0 Å². The molecule has 0 bridgehead atoms. The number of piperazine rings is 1. The normalized spacial score (nSPS) is 22.7. The first-order valence-corrected chi connectivity index (χ1v) is 12.2. The smallest absolute Gasteiger partial charge is 0.225 e. The third-order valence-electron chi connectivity index (χ3n) is 7.36. The van der Waals surface area contributed by atoms with Crippen molar-refractivity contribution in [2.45, 2.75) is 58.3 Å². The molecule has 0 atom stereocenters. The van der Waals surface area contributed by atoms with Crippen molar-refractivity contribution >= 4 is 11.9 Å². The summed E-state index contributed by atoms with van der Waals surface area (Å²) in [7, 11) is 1.85. The quantitative estimate of drug-likeness (QED) is 0.321. The van der Waals surface area contributed by atoms with Gasteiger partial charge in [0.05, 0.1) is 0 Å². The van der Waals surface area contributed by atoms with Gasteiger partial charge >= 0.3 is 0 Å². The lowest BCUT2D eigenvalue weighted by Crippen LogP contribution is -2.52. The maximum Gasteiger partial charge on any atom is 0.225 e. The molecule has 0 unspecified atom stereocenters. The molecule has 0 aromatic rings. The summed E-state index contributed by atoms with van der Waals surface area (Å²) in [5.74, 6) is 1.62. The first kappa shape index (κ1) is 23.3. The summed E-state index contributed by atoms with van der Waals surface area (Å²) in [6.45, 7) is 10.3. The number of nitrogens with zero attached hydrogens (tertiary/aromatic N) is 3.